The first kappa shape index (κ1) is 13.1. The van der Waals surface area contributed by atoms with Gasteiger partial charge in [-0.3, -0.25) is 0 Å². The van der Waals surface area contributed by atoms with E-state index >= 15 is 0 Å². The maximum Gasteiger partial charge on any atom is 0.184 e. The third-order valence-corrected chi connectivity index (χ3v) is 3.36. The molecule has 0 aromatic carbocycles. The Labute approximate surface area is 108 Å². The maximum atomic E-state index is 5.37. The molecule has 0 bridgehead atoms. The summed E-state index contributed by atoms with van der Waals surface area (Å²) in [4.78, 5) is 5.34. The fourth-order valence-corrected chi connectivity index (χ4v) is 2.32. The molecule has 0 N–H and O–H groups in total. The first-order valence-corrected chi connectivity index (χ1v) is 6.80. The molecular formula is C14H22N2O2. The first-order chi connectivity index (χ1) is 8.66. The monoisotopic (exact) mass is 250 g/mol. The van der Waals surface area contributed by atoms with E-state index < -0.39 is 0 Å². The number of rotatable bonds is 4. The van der Waals surface area contributed by atoms with E-state index in [-0.39, 0.29) is 6.10 Å². The average molecular weight is 250 g/mol. The number of aromatic nitrogens is 1. The van der Waals surface area contributed by atoms with Gasteiger partial charge in [0, 0.05) is 12.0 Å². The topological polar surface area (TPSA) is 47.6 Å². The van der Waals surface area contributed by atoms with E-state index in [1.165, 1.54) is 32.1 Å². The predicted molar refractivity (Wildman–Crippen MR) is 70.6 cm³/mol. The largest absolute Gasteiger partial charge is 0.385 e. The summed E-state index contributed by atoms with van der Waals surface area (Å²) in [5.41, 5.74) is 1.98. The fourth-order valence-electron chi connectivity index (χ4n) is 2.32. The molecule has 1 aliphatic carbocycles. The van der Waals surface area contributed by atoms with Crippen molar-refractivity contribution in [2.45, 2.75) is 64.9 Å². The van der Waals surface area contributed by atoms with Gasteiger partial charge in [0.25, 0.3) is 0 Å². The van der Waals surface area contributed by atoms with Gasteiger partial charge in [0.05, 0.1) is 11.4 Å². The highest BCUT2D eigenvalue weighted by Crippen LogP contribution is 2.33. The Balaban J connectivity index is 1.98. The molecule has 1 saturated carbocycles. The zero-order chi connectivity index (χ0) is 13.0. The molecule has 2 rings (SSSR count). The lowest BCUT2D eigenvalue weighted by atomic mass is 9.87. The molecule has 1 fully saturated rings. The minimum atomic E-state index is -0.176. The van der Waals surface area contributed by atoms with Crippen LogP contribution in [0.15, 0.2) is 15.7 Å². The van der Waals surface area contributed by atoms with Gasteiger partial charge in [0.1, 0.15) is 0 Å². The summed E-state index contributed by atoms with van der Waals surface area (Å²) < 4.78 is 5.37. The molecule has 1 heterocycles. The van der Waals surface area contributed by atoms with Crippen LogP contribution in [0.4, 0.5) is 0 Å². The third kappa shape index (κ3) is 3.34. The number of hydrogen-bond acceptors (Lipinski definition) is 4. The summed E-state index contributed by atoms with van der Waals surface area (Å²) in [5.74, 6) is 1.33. The van der Waals surface area contributed by atoms with Crippen molar-refractivity contribution in [3.8, 4) is 0 Å². The van der Waals surface area contributed by atoms with Crippen molar-refractivity contribution in [3.05, 3.63) is 17.5 Å². The van der Waals surface area contributed by atoms with Crippen LogP contribution in [0.2, 0.25) is 0 Å². The normalized spacial score (nSPS) is 18.4. The molecule has 1 aliphatic rings. The summed E-state index contributed by atoms with van der Waals surface area (Å²) in [6.07, 6.45) is 6.24. The van der Waals surface area contributed by atoms with Gasteiger partial charge < -0.3 is 9.36 Å². The predicted octanol–water partition coefficient (Wildman–Crippen LogP) is 4.20. The second kappa shape index (κ2) is 6.03. The number of nitrogens with zero attached hydrogens (tertiary/aromatic N) is 2. The van der Waals surface area contributed by atoms with E-state index in [4.69, 9.17) is 9.36 Å². The van der Waals surface area contributed by atoms with Crippen molar-refractivity contribution in [1.29, 1.82) is 0 Å². The quantitative estimate of drug-likeness (QED) is 0.594. The Morgan fingerprint density at radius 2 is 2.11 bits per heavy atom. The molecule has 0 amide bonds. The zero-order valence-electron chi connectivity index (χ0n) is 11.5. The third-order valence-electron chi connectivity index (χ3n) is 3.36. The molecule has 1 atom stereocenters. The Hall–Kier alpha value is -1.32. The van der Waals surface area contributed by atoms with Crippen molar-refractivity contribution in [2.24, 2.45) is 5.16 Å². The molecule has 0 unspecified atom stereocenters. The van der Waals surface area contributed by atoms with Crippen molar-refractivity contribution in [1.82, 2.24) is 5.16 Å². The minimum absolute atomic E-state index is 0.176. The lowest BCUT2D eigenvalue weighted by Crippen LogP contribution is -2.04. The van der Waals surface area contributed by atoms with Gasteiger partial charge in [-0.2, -0.15) is 0 Å². The molecular weight excluding hydrogens is 228 g/mol. The van der Waals surface area contributed by atoms with E-state index in [9.17, 15) is 0 Å². The summed E-state index contributed by atoms with van der Waals surface area (Å²) in [7, 11) is 0. The van der Waals surface area contributed by atoms with Crippen LogP contribution < -0.4 is 0 Å². The van der Waals surface area contributed by atoms with Crippen LogP contribution in [0.1, 0.15) is 76.4 Å². The summed E-state index contributed by atoms with van der Waals surface area (Å²) in [5, 5.41) is 8.14. The molecule has 4 nitrogen and oxygen atoms in total. The molecule has 1 aromatic rings. The molecule has 0 spiro atoms. The van der Waals surface area contributed by atoms with Crippen LogP contribution in [-0.4, -0.2) is 10.9 Å². The summed E-state index contributed by atoms with van der Waals surface area (Å²) in [6.45, 7) is 5.73. The van der Waals surface area contributed by atoms with E-state index in [0.29, 0.717) is 5.92 Å². The van der Waals surface area contributed by atoms with Crippen LogP contribution >= 0.6 is 0 Å². The molecule has 1 aromatic heterocycles. The molecule has 100 valence electrons. The Morgan fingerprint density at radius 1 is 1.39 bits per heavy atom. The van der Waals surface area contributed by atoms with Gasteiger partial charge in [-0.1, -0.05) is 29.6 Å². The Bertz CT molecular complexity index is 402. The van der Waals surface area contributed by atoms with E-state index in [2.05, 4.69) is 10.3 Å². The van der Waals surface area contributed by atoms with Gasteiger partial charge >= 0.3 is 0 Å². The van der Waals surface area contributed by atoms with Crippen molar-refractivity contribution in [3.63, 3.8) is 0 Å². The maximum absolute atomic E-state index is 5.37. The van der Waals surface area contributed by atoms with E-state index in [0.717, 1.165) is 17.2 Å². The molecule has 0 aliphatic heterocycles. The molecule has 18 heavy (non-hydrogen) atoms. The molecule has 4 heteroatoms. The Morgan fingerprint density at radius 3 is 2.78 bits per heavy atom. The van der Waals surface area contributed by atoms with Crippen LogP contribution in [0, 0.1) is 0 Å². The van der Waals surface area contributed by atoms with Crippen LogP contribution in [-0.2, 0) is 4.84 Å². The number of hydrogen-bond donors (Lipinski definition) is 0. The molecule has 0 saturated heterocycles. The lowest BCUT2D eigenvalue weighted by Gasteiger charge is -2.18. The van der Waals surface area contributed by atoms with E-state index in [1.54, 1.807) is 0 Å². The van der Waals surface area contributed by atoms with Gasteiger partial charge in [-0.25, -0.2) is 0 Å². The SMILES string of the molecule is CC(C)=NO[C@@H](C)c1cc(C2CCCCC2)no1. The zero-order valence-corrected chi connectivity index (χ0v) is 11.5. The van der Waals surface area contributed by atoms with Crippen LogP contribution in [0.3, 0.4) is 0 Å². The Kier molecular flexibility index (Phi) is 4.39. The highest BCUT2D eigenvalue weighted by Gasteiger charge is 2.21. The molecule has 0 radical (unpaired) electrons. The van der Waals surface area contributed by atoms with Crippen molar-refractivity contribution < 1.29 is 9.36 Å². The van der Waals surface area contributed by atoms with E-state index in [1.807, 2.05) is 26.8 Å². The van der Waals surface area contributed by atoms with Crippen molar-refractivity contribution in [2.75, 3.05) is 0 Å². The second-order valence-electron chi connectivity index (χ2n) is 5.28. The number of oxime groups is 1. The second-order valence-corrected chi connectivity index (χ2v) is 5.28. The van der Waals surface area contributed by atoms with Crippen molar-refractivity contribution >= 4 is 5.71 Å². The lowest BCUT2D eigenvalue weighted by molar-refractivity contribution is 0.0515. The van der Waals surface area contributed by atoms with Crippen LogP contribution in [0.5, 0.6) is 0 Å². The summed E-state index contributed by atoms with van der Waals surface area (Å²) in [6, 6.07) is 2.03. The fraction of sp³-hybridized carbons (Fsp3) is 0.714. The standard InChI is InChI=1S/C14H22N2O2/c1-10(2)15-17-11(3)14-9-13(16-18-14)12-7-5-4-6-8-12/h9,11-12H,4-8H2,1-3H3/t11-/m0/s1. The minimum Gasteiger partial charge on any atom is -0.385 e. The van der Waals surface area contributed by atoms with Gasteiger partial charge in [0.15, 0.2) is 11.9 Å². The van der Waals surface area contributed by atoms with Gasteiger partial charge in [-0.05, 0) is 33.6 Å². The summed E-state index contributed by atoms with van der Waals surface area (Å²) >= 11 is 0. The average Bonchev–Trinajstić information content (AvgIpc) is 2.86. The first-order valence-electron chi connectivity index (χ1n) is 6.80. The smallest absolute Gasteiger partial charge is 0.184 e. The van der Waals surface area contributed by atoms with Gasteiger partial charge in [0.2, 0.25) is 0 Å². The highest BCUT2D eigenvalue weighted by molar-refractivity contribution is 5.78. The highest BCUT2D eigenvalue weighted by atomic mass is 16.6. The van der Waals surface area contributed by atoms with Crippen LogP contribution in [0.25, 0.3) is 0 Å². The van der Waals surface area contributed by atoms with Gasteiger partial charge in [-0.15, -0.1) is 0 Å².